The van der Waals surface area contributed by atoms with Gasteiger partial charge in [-0.1, -0.05) is 29.8 Å². The first kappa shape index (κ1) is 16.5. The van der Waals surface area contributed by atoms with Gasteiger partial charge in [0.2, 0.25) is 5.95 Å². The van der Waals surface area contributed by atoms with E-state index in [0.717, 1.165) is 24.4 Å². The van der Waals surface area contributed by atoms with Gasteiger partial charge in [0.1, 0.15) is 12.4 Å². The van der Waals surface area contributed by atoms with Gasteiger partial charge in [0.25, 0.3) is 5.91 Å². The molecule has 2 heterocycles. The zero-order chi connectivity index (χ0) is 17.1. The highest BCUT2D eigenvalue weighted by atomic mass is 35.5. The predicted octanol–water partition coefficient (Wildman–Crippen LogP) is 2.84. The molecule has 0 aliphatic carbocycles. The lowest BCUT2D eigenvalue weighted by Crippen LogP contribution is -2.31. The fraction of sp³-hybridized carbons (Fsp3) is 0.353. The molecule has 0 radical (unpaired) electrons. The number of carbonyl (C=O) groups is 1. The van der Waals surface area contributed by atoms with Crippen molar-refractivity contribution < 1.29 is 9.53 Å². The molecule has 0 saturated carbocycles. The van der Waals surface area contributed by atoms with Crippen LogP contribution in [0.5, 0.6) is 5.75 Å². The summed E-state index contributed by atoms with van der Waals surface area (Å²) in [5.41, 5.74) is 1.14. The van der Waals surface area contributed by atoms with E-state index in [1.54, 1.807) is 0 Å². The molecule has 1 aliphatic rings. The van der Waals surface area contributed by atoms with Gasteiger partial charge in [-0.15, -0.1) is 0 Å². The molecule has 6 nitrogen and oxygen atoms in total. The van der Waals surface area contributed by atoms with Gasteiger partial charge in [-0.3, -0.25) is 4.79 Å². The van der Waals surface area contributed by atoms with Crippen LogP contribution in [0.2, 0.25) is 5.02 Å². The van der Waals surface area contributed by atoms with Crippen molar-refractivity contribution in [3.8, 4) is 5.75 Å². The van der Waals surface area contributed by atoms with Crippen molar-refractivity contribution in [2.45, 2.75) is 19.9 Å². The standard InChI is InChI=1S/C17H19ClN4O2/c1-3-22(4-2)17-19-9-12(18)15(21-17)16(23)20-13-10-24-14-8-6-5-7-11(13)14/h5-9,13H,3-4,10H2,1-2H3,(H,20,23). The number of rotatable bonds is 5. The normalized spacial score (nSPS) is 15.5. The minimum Gasteiger partial charge on any atom is -0.491 e. The molecule has 3 rings (SSSR count). The number of nitrogens with one attached hydrogen (secondary N) is 1. The maximum atomic E-state index is 12.6. The summed E-state index contributed by atoms with van der Waals surface area (Å²) in [5, 5.41) is 3.17. The first-order valence-electron chi connectivity index (χ1n) is 7.94. The molecule has 126 valence electrons. The molecule has 1 unspecified atom stereocenters. The van der Waals surface area contributed by atoms with Crippen LogP contribution in [-0.4, -0.2) is 35.6 Å². The Hall–Kier alpha value is -2.34. The van der Waals surface area contributed by atoms with Gasteiger partial charge >= 0.3 is 0 Å². The highest BCUT2D eigenvalue weighted by Crippen LogP contribution is 2.32. The summed E-state index contributed by atoms with van der Waals surface area (Å²) >= 11 is 6.13. The average Bonchev–Trinajstić information content (AvgIpc) is 3.00. The molecule has 1 N–H and O–H groups in total. The molecule has 7 heteroatoms. The summed E-state index contributed by atoms with van der Waals surface area (Å²) in [5.74, 6) is 0.958. The Morgan fingerprint density at radius 1 is 1.38 bits per heavy atom. The van der Waals surface area contributed by atoms with Crippen molar-refractivity contribution in [2.75, 3.05) is 24.6 Å². The number of hydrogen-bond donors (Lipinski definition) is 1. The molecule has 2 aromatic rings. The fourth-order valence-electron chi connectivity index (χ4n) is 2.68. The van der Waals surface area contributed by atoms with Crippen molar-refractivity contribution in [1.29, 1.82) is 0 Å². The second-order valence-electron chi connectivity index (χ2n) is 5.41. The Morgan fingerprint density at radius 2 is 2.12 bits per heavy atom. The van der Waals surface area contributed by atoms with E-state index in [1.165, 1.54) is 6.20 Å². The third-order valence-electron chi connectivity index (χ3n) is 4.00. The van der Waals surface area contributed by atoms with Gasteiger partial charge < -0.3 is 15.0 Å². The zero-order valence-electron chi connectivity index (χ0n) is 13.6. The Morgan fingerprint density at radius 3 is 2.88 bits per heavy atom. The second-order valence-corrected chi connectivity index (χ2v) is 5.82. The summed E-state index contributed by atoms with van der Waals surface area (Å²) in [6, 6.07) is 7.44. The van der Waals surface area contributed by atoms with E-state index < -0.39 is 0 Å². The lowest BCUT2D eigenvalue weighted by atomic mass is 10.1. The van der Waals surface area contributed by atoms with E-state index in [1.807, 2.05) is 43.0 Å². The molecule has 1 aliphatic heterocycles. The molecule has 0 spiro atoms. The molecule has 1 aromatic heterocycles. The molecule has 0 fully saturated rings. The number of benzene rings is 1. The highest BCUT2D eigenvalue weighted by molar-refractivity contribution is 6.33. The molecule has 0 bridgehead atoms. The first-order chi connectivity index (χ1) is 11.6. The van der Waals surface area contributed by atoms with E-state index in [4.69, 9.17) is 16.3 Å². The third-order valence-corrected chi connectivity index (χ3v) is 4.27. The minimum atomic E-state index is -0.332. The molecule has 1 atom stereocenters. The lowest BCUT2D eigenvalue weighted by molar-refractivity contribution is 0.0925. The summed E-state index contributed by atoms with van der Waals surface area (Å²) in [7, 11) is 0. The van der Waals surface area contributed by atoms with Crippen LogP contribution in [0, 0.1) is 0 Å². The number of ether oxygens (including phenoxy) is 1. The van der Waals surface area contributed by atoms with Crippen LogP contribution in [0.1, 0.15) is 35.9 Å². The number of carbonyl (C=O) groups excluding carboxylic acids is 1. The van der Waals surface area contributed by atoms with E-state index in [2.05, 4.69) is 15.3 Å². The van der Waals surface area contributed by atoms with Crippen LogP contribution in [-0.2, 0) is 0 Å². The average molecular weight is 347 g/mol. The number of hydrogen-bond acceptors (Lipinski definition) is 5. The maximum Gasteiger partial charge on any atom is 0.272 e. The lowest BCUT2D eigenvalue weighted by Gasteiger charge is -2.19. The van der Waals surface area contributed by atoms with Crippen molar-refractivity contribution in [3.63, 3.8) is 0 Å². The molecule has 0 saturated heterocycles. The maximum absolute atomic E-state index is 12.6. The van der Waals surface area contributed by atoms with Gasteiger partial charge in [-0.25, -0.2) is 9.97 Å². The molecule has 1 amide bonds. The number of nitrogens with zero attached hydrogens (tertiary/aromatic N) is 3. The number of para-hydroxylation sites is 1. The summed E-state index contributed by atoms with van der Waals surface area (Å²) in [4.78, 5) is 23.1. The van der Waals surface area contributed by atoms with E-state index >= 15 is 0 Å². The first-order valence-corrected chi connectivity index (χ1v) is 8.31. The Labute approximate surface area is 145 Å². The van der Waals surface area contributed by atoms with E-state index in [9.17, 15) is 4.79 Å². The topological polar surface area (TPSA) is 67.4 Å². The summed E-state index contributed by atoms with van der Waals surface area (Å²) in [6.45, 7) is 5.92. The number of halogens is 1. The SMILES string of the molecule is CCN(CC)c1ncc(Cl)c(C(=O)NC2COc3ccccc32)n1. The van der Waals surface area contributed by atoms with Gasteiger partial charge in [0.05, 0.1) is 17.3 Å². The van der Waals surface area contributed by atoms with Crippen LogP contribution >= 0.6 is 11.6 Å². The van der Waals surface area contributed by atoms with Crippen LogP contribution in [0.3, 0.4) is 0 Å². The molecular weight excluding hydrogens is 328 g/mol. The zero-order valence-corrected chi connectivity index (χ0v) is 14.4. The van der Waals surface area contributed by atoms with Crippen LogP contribution in [0.25, 0.3) is 0 Å². The fourth-order valence-corrected chi connectivity index (χ4v) is 2.86. The number of anilines is 1. The Kier molecular flexibility index (Phi) is 4.85. The monoisotopic (exact) mass is 346 g/mol. The Balaban J connectivity index is 1.82. The van der Waals surface area contributed by atoms with Crippen molar-refractivity contribution in [3.05, 3.63) is 46.7 Å². The van der Waals surface area contributed by atoms with Gasteiger partial charge in [-0.05, 0) is 19.9 Å². The quantitative estimate of drug-likeness (QED) is 0.901. The molecule has 1 aromatic carbocycles. The van der Waals surface area contributed by atoms with Crippen LogP contribution in [0.15, 0.2) is 30.5 Å². The minimum absolute atomic E-state index is 0.179. The van der Waals surface area contributed by atoms with Gasteiger partial charge in [-0.2, -0.15) is 0 Å². The number of fused-ring (bicyclic) bond motifs is 1. The van der Waals surface area contributed by atoms with Crippen molar-refractivity contribution >= 4 is 23.5 Å². The highest BCUT2D eigenvalue weighted by Gasteiger charge is 2.27. The largest absolute Gasteiger partial charge is 0.491 e. The number of amides is 1. The summed E-state index contributed by atoms with van der Waals surface area (Å²) < 4.78 is 5.59. The second kappa shape index (κ2) is 7.05. The van der Waals surface area contributed by atoms with E-state index in [0.29, 0.717) is 12.6 Å². The van der Waals surface area contributed by atoms with Crippen LogP contribution < -0.4 is 15.0 Å². The molecule has 24 heavy (non-hydrogen) atoms. The van der Waals surface area contributed by atoms with E-state index in [-0.39, 0.29) is 22.7 Å². The third kappa shape index (κ3) is 3.14. The molecular formula is C17H19ClN4O2. The van der Waals surface area contributed by atoms with Crippen molar-refractivity contribution in [1.82, 2.24) is 15.3 Å². The van der Waals surface area contributed by atoms with Crippen molar-refractivity contribution in [2.24, 2.45) is 0 Å². The smallest absolute Gasteiger partial charge is 0.272 e. The van der Waals surface area contributed by atoms with Gasteiger partial charge in [0.15, 0.2) is 5.69 Å². The Bertz CT molecular complexity index is 749. The van der Waals surface area contributed by atoms with Gasteiger partial charge in [0, 0.05) is 18.7 Å². The number of aromatic nitrogens is 2. The summed E-state index contributed by atoms with van der Waals surface area (Å²) in [6.07, 6.45) is 1.47. The predicted molar refractivity (Wildman–Crippen MR) is 92.7 cm³/mol. The van der Waals surface area contributed by atoms with Crippen LogP contribution in [0.4, 0.5) is 5.95 Å².